The van der Waals surface area contributed by atoms with Gasteiger partial charge in [0.05, 0.1) is 23.9 Å². The van der Waals surface area contributed by atoms with Gasteiger partial charge in [-0.25, -0.2) is 9.97 Å². The van der Waals surface area contributed by atoms with E-state index in [1.165, 1.54) is 32.4 Å². The van der Waals surface area contributed by atoms with E-state index < -0.39 is 0 Å². The van der Waals surface area contributed by atoms with Crippen molar-refractivity contribution in [3.05, 3.63) is 54.5 Å². The number of carbonyl (C=O) groups is 1. The molecule has 2 aliphatic rings. The summed E-state index contributed by atoms with van der Waals surface area (Å²) < 4.78 is 11.5. The lowest BCUT2D eigenvalue weighted by Crippen LogP contribution is -2.32. The number of hydrogen-bond acceptors (Lipinski definition) is 7. The number of piperidine rings is 2. The number of benzene rings is 2. The van der Waals surface area contributed by atoms with Crippen molar-refractivity contribution in [1.29, 1.82) is 0 Å². The molecule has 8 heteroatoms. The number of aromatic nitrogens is 2. The highest BCUT2D eigenvalue weighted by molar-refractivity contribution is 5.82. The molecule has 3 heterocycles. The monoisotopic (exact) mass is 547 g/mol. The molecule has 0 radical (unpaired) electrons. The van der Waals surface area contributed by atoms with E-state index in [4.69, 9.17) is 9.47 Å². The van der Waals surface area contributed by atoms with Gasteiger partial charge in [-0.05, 0) is 95.4 Å². The van der Waals surface area contributed by atoms with Gasteiger partial charge in [0.25, 0.3) is 0 Å². The zero-order valence-electron chi connectivity index (χ0n) is 24.3. The molecule has 2 saturated heterocycles. The first-order valence-electron chi connectivity index (χ1n) is 14.8. The Morgan fingerprint density at radius 1 is 0.975 bits per heavy atom. The number of anilines is 1. The predicted molar refractivity (Wildman–Crippen MR) is 161 cm³/mol. The molecule has 0 saturated carbocycles. The Morgan fingerprint density at radius 2 is 1.70 bits per heavy atom. The van der Waals surface area contributed by atoms with Gasteiger partial charge in [0.1, 0.15) is 17.8 Å². The van der Waals surface area contributed by atoms with Crippen LogP contribution in [0, 0.1) is 0 Å². The van der Waals surface area contributed by atoms with E-state index in [-0.39, 0.29) is 6.10 Å². The molecule has 0 spiro atoms. The van der Waals surface area contributed by atoms with Crippen LogP contribution in [0.4, 0.5) is 5.69 Å². The maximum Gasteiger partial charge on any atom is 0.209 e. The van der Waals surface area contributed by atoms with E-state index in [9.17, 15) is 4.79 Å². The van der Waals surface area contributed by atoms with Crippen LogP contribution in [0.1, 0.15) is 64.0 Å². The molecular weight excluding hydrogens is 502 g/mol. The van der Waals surface area contributed by atoms with E-state index in [2.05, 4.69) is 26.3 Å². The summed E-state index contributed by atoms with van der Waals surface area (Å²) in [6, 6.07) is 14.1. The van der Waals surface area contributed by atoms with E-state index in [0.29, 0.717) is 5.92 Å². The first-order chi connectivity index (χ1) is 19.6. The molecule has 0 aliphatic carbocycles. The quantitative estimate of drug-likeness (QED) is 0.256. The van der Waals surface area contributed by atoms with Gasteiger partial charge >= 0.3 is 0 Å². The van der Waals surface area contributed by atoms with Crippen molar-refractivity contribution >= 4 is 23.0 Å². The molecule has 0 bridgehead atoms. The Bertz CT molecular complexity index is 1170. The highest BCUT2D eigenvalue weighted by Gasteiger charge is 2.22. The van der Waals surface area contributed by atoms with Crippen molar-refractivity contribution in [2.24, 2.45) is 0 Å². The highest BCUT2D eigenvalue weighted by atomic mass is 16.5. The fraction of sp³-hybridized carbons (Fsp3) is 0.531. The number of ether oxygens (including phenoxy) is 2. The second kappa shape index (κ2) is 15.4. The van der Waals surface area contributed by atoms with E-state index in [0.717, 1.165) is 85.7 Å². The molecule has 0 atom stereocenters. The Balaban J connectivity index is 0.000000259. The van der Waals surface area contributed by atoms with Crippen LogP contribution in [-0.4, -0.2) is 78.7 Å². The van der Waals surface area contributed by atoms with Crippen molar-refractivity contribution < 1.29 is 14.3 Å². The highest BCUT2D eigenvalue weighted by Crippen LogP contribution is 2.31. The molecule has 8 nitrogen and oxygen atoms in total. The third-order valence-corrected chi connectivity index (χ3v) is 7.55. The van der Waals surface area contributed by atoms with Crippen LogP contribution in [-0.2, 0) is 4.79 Å². The van der Waals surface area contributed by atoms with E-state index in [1.807, 2.05) is 62.2 Å². The van der Waals surface area contributed by atoms with Crippen molar-refractivity contribution in [1.82, 2.24) is 19.8 Å². The smallest absolute Gasteiger partial charge is 0.209 e. The standard InChI is InChI=1S/C22H30N4O2.C10H15NO/c27-17-26-12-7-18(8-13-26)22-20-6-5-19(15-21(20)23-16-24-22)28-14-4-11-25-9-2-1-3-10-25;1-8(2)12-10-6-4-9(11-3)5-7-10/h5-6,15-18H,1-4,7-14H2;4-8,11H,1-3H3. The number of nitrogens with zero attached hydrogens (tertiary/aromatic N) is 4. The van der Waals surface area contributed by atoms with Gasteiger partial charge in [0, 0.05) is 49.7 Å². The molecule has 0 unspecified atom stereocenters. The number of fused-ring (bicyclic) bond motifs is 1. The average molecular weight is 548 g/mol. The second-order valence-electron chi connectivity index (χ2n) is 10.9. The summed E-state index contributed by atoms with van der Waals surface area (Å²) in [5, 5.41) is 4.16. The van der Waals surface area contributed by atoms with Gasteiger partial charge in [0.15, 0.2) is 0 Å². The Kier molecular flexibility index (Phi) is 11.4. The maximum atomic E-state index is 10.9. The van der Waals surface area contributed by atoms with Gasteiger partial charge in [-0.1, -0.05) is 6.42 Å². The summed E-state index contributed by atoms with van der Waals surface area (Å²) in [6.07, 6.45) is 9.87. The van der Waals surface area contributed by atoms with Gasteiger partial charge in [0.2, 0.25) is 6.41 Å². The van der Waals surface area contributed by atoms with Crippen LogP contribution in [0.5, 0.6) is 11.5 Å². The number of likely N-dealkylation sites (tertiary alicyclic amines) is 2. The van der Waals surface area contributed by atoms with Crippen LogP contribution in [0.2, 0.25) is 0 Å². The van der Waals surface area contributed by atoms with Crippen LogP contribution in [0.25, 0.3) is 10.9 Å². The van der Waals surface area contributed by atoms with Crippen molar-refractivity contribution in [2.75, 3.05) is 51.7 Å². The Labute approximate surface area is 239 Å². The Hall–Kier alpha value is -3.39. The molecule has 216 valence electrons. The SMILES string of the molecule is CNc1ccc(OC(C)C)cc1.O=CN1CCC(c2ncnc3cc(OCCCN4CCCCC4)ccc23)CC1. The van der Waals surface area contributed by atoms with Crippen LogP contribution in [0.15, 0.2) is 48.8 Å². The lowest BCUT2D eigenvalue weighted by Gasteiger charge is -2.29. The first kappa shape index (κ1) is 29.6. The molecule has 3 aromatic rings. The normalized spacial score (nSPS) is 16.4. The molecule has 1 aromatic heterocycles. The minimum absolute atomic E-state index is 0.241. The fourth-order valence-corrected chi connectivity index (χ4v) is 5.38. The average Bonchev–Trinajstić information content (AvgIpc) is 3.00. The lowest BCUT2D eigenvalue weighted by atomic mass is 9.91. The summed E-state index contributed by atoms with van der Waals surface area (Å²) >= 11 is 0. The zero-order valence-corrected chi connectivity index (χ0v) is 24.3. The predicted octanol–water partition coefficient (Wildman–Crippen LogP) is 5.74. The molecule has 1 N–H and O–H groups in total. The minimum atomic E-state index is 0.241. The van der Waals surface area contributed by atoms with Gasteiger partial charge in [-0.2, -0.15) is 0 Å². The van der Waals surface area contributed by atoms with Gasteiger partial charge in [-0.15, -0.1) is 0 Å². The molecule has 1 amide bonds. The van der Waals surface area contributed by atoms with Gasteiger partial charge < -0.3 is 24.6 Å². The Morgan fingerprint density at radius 3 is 2.38 bits per heavy atom. The third-order valence-electron chi connectivity index (χ3n) is 7.55. The number of carbonyl (C=O) groups excluding carboxylic acids is 1. The summed E-state index contributed by atoms with van der Waals surface area (Å²) in [4.78, 5) is 24.4. The first-order valence-corrected chi connectivity index (χ1v) is 14.8. The minimum Gasteiger partial charge on any atom is -0.493 e. The van der Waals surface area contributed by atoms with Crippen molar-refractivity contribution in [2.45, 2.75) is 64.4 Å². The summed E-state index contributed by atoms with van der Waals surface area (Å²) in [5.74, 6) is 2.19. The van der Waals surface area contributed by atoms with Crippen LogP contribution >= 0.6 is 0 Å². The topological polar surface area (TPSA) is 79.8 Å². The second-order valence-corrected chi connectivity index (χ2v) is 10.9. The van der Waals surface area contributed by atoms with E-state index in [1.54, 1.807) is 6.33 Å². The summed E-state index contributed by atoms with van der Waals surface area (Å²) in [5.41, 5.74) is 3.15. The summed E-state index contributed by atoms with van der Waals surface area (Å²) in [6.45, 7) is 9.99. The van der Waals surface area contributed by atoms with Crippen molar-refractivity contribution in [3.8, 4) is 11.5 Å². The number of nitrogens with one attached hydrogen (secondary N) is 1. The van der Waals surface area contributed by atoms with Gasteiger partial charge in [-0.3, -0.25) is 4.79 Å². The maximum absolute atomic E-state index is 10.9. The number of hydrogen-bond donors (Lipinski definition) is 1. The number of rotatable bonds is 10. The number of amides is 1. The van der Waals surface area contributed by atoms with E-state index >= 15 is 0 Å². The molecule has 5 rings (SSSR count). The van der Waals surface area contributed by atoms with Crippen LogP contribution in [0.3, 0.4) is 0 Å². The fourth-order valence-electron chi connectivity index (χ4n) is 5.38. The zero-order chi connectivity index (χ0) is 28.2. The molecule has 40 heavy (non-hydrogen) atoms. The molecule has 2 aliphatic heterocycles. The summed E-state index contributed by atoms with van der Waals surface area (Å²) in [7, 11) is 1.90. The molecule has 2 aromatic carbocycles. The molecular formula is C32H45N5O3. The largest absolute Gasteiger partial charge is 0.493 e. The van der Waals surface area contributed by atoms with Crippen LogP contribution < -0.4 is 14.8 Å². The molecule has 2 fully saturated rings. The lowest BCUT2D eigenvalue weighted by molar-refractivity contribution is -0.119. The third kappa shape index (κ3) is 8.81. The van der Waals surface area contributed by atoms with Crippen molar-refractivity contribution in [3.63, 3.8) is 0 Å².